The quantitative estimate of drug-likeness (QED) is 0.790. The lowest BCUT2D eigenvalue weighted by atomic mass is 9.80. The van der Waals surface area contributed by atoms with Crippen molar-refractivity contribution in [3.8, 4) is 0 Å². The maximum atomic E-state index is 12.3. The van der Waals surface area contributed by atoms with E-state index in [4.69, 9.17) is 0 Å². The van der Waals surface area contributed by atoms with Gasteiger partial charge in [0.1, 0.15) is 0 Å². The van der Waals surface area contributed by atoms with Gasteiger partial charge in [0.15, 0.2) is 0 Å². The molecule has 3 atom stereocenters. The Morgan fingerprint density at radius 3 is 2.38 bits per heavy atom. The van der Waals surface area contributed by atoms with Gasteiger partial charge in [-0.25, -0.2) is 0 Å². The van der Waals surface area contributed by atoms with Crippen LogP contribution in [-0.4, -0.2) is 59.4 Å². The zero-order valence-corrected chi connectivity index (χ0v) is 13.2. The molecule has 0 aromatic carbocycles. The normalized spacial score (nSPS) is 37.3. The Kier molecular flexibility index (Phi) is 4.31. The monoisotopic (exact) mass is 293 g/mol. The van der Waals surface area contributed by atoms with E-state index in [0.717, 1.165) is 25.8 Å². The fourth-order valence-electron chi connectivity index (χ4n) is 4.41. The topological polar surface area (TPSA) is 52.7 Å². The summed E-state index contributed by atoms with van der Waals surface area (Å²) in [6, 6.07) is 1.34. The Morgan fingerprint density at radius 2 is 1.86 bits per heavy atom. The van der Waals surface area contributed by atoms with Gasteiger partial charge in [-0.05, 0) is 38.6 Å². The number of nitrogens with zero attached hydrogens (tertiary/aromatic N) is 2. The molecule has 0 aromatic heterocycles. The molecule has 0 aromatic rings. The van der Waals surface area contributed by atoms with Crippen LogP contribution in [0.15, 0.2) is 0 Å². The summed E-state index contributed by atoms with van der Waals surface area (Å²) in [5.41, 5.74) is 0. The SMILES string of the molecule is CCCNC1CC2CCCC(C1)N2C1CC(=O)N(C)C1=O. The molecule has 3 fully saturated rings. The molecule has 3 heterocycles. The van der Waals surface area contributed by atoms with Crippen LogP contribution in [0, 0.1) is 0 Å². The molecule has 3 unspecified atom stereocenters. The molecular weight excluding hydrogens is 266 g/mol. The van der Waals surface area contributed by atoms with Crippen molar-refractivity contribution in [1.29, 1.82) is 0 Å². The highest BCUT2D eigenvalue weighted by Crippen LogP contribution is 2.37. The van der Waals surface area contributed by atoms with Crippen molar-refractivity contribution in [3.05, 3.63) is 0 Å². The molecule has 1 N–H and O–H groups in total. The van der Waals surface area contributed by atoms with E-state index in [-0.39, 0.29) is 17.9 Å². The zero-order chi connectivity index (χ0) is 15.0. The molecule has 2 amide bonds. The number of nitrogens with one attached hydrogen (secondary N) is 1. The molecule has 0 radical (unpaired) electrons. The maximum absolute atomic E-state index is 12.3. The highest BCUT2D eigenvalue weighted by Gasteiger charge is 2.48. The lowest BCUT2D eigenvalue weighted by Crippen LogP contribution is -2.61. The first-order valence-corrected chi connectivity index (χ1v) is 8.43. The van der Waals surface area contributed by atoms with Crippen LogP contribution in [0.3, 0.4) is 0 Å². The van der Waals surface area contributed by atoms with Gasteiger partial charge in [-0.15, -0.1) is 0 Å². The van der Waals surface area contributed by atoms with E-state index in [1.165, 1.54) is 24.2 Å². The summed E-state index contributed by atoms with van der Waals surface area (Å²) in [6.07, 6.45) is 7.39. The van der Waals surface area contributed by atoms with Crippen molar-refractivity contribution in [3.63, 3.8) is 0 Å². The first-order valence-electron chi connectivity index (χ1n) is 8.43. The van der Waals surface area contributed by atoms with Gasteiger partial charge in [0, 0.05) is 25.2 Å². The van der Waals surface area contributed by atoms with Crippen LogP contribution < -0.4 is 5.32 Å². The molecule has 0 aliphatic carbocycles. The van der Waals surface area contributed by atoms with Gasteiger partial charge < -0.3 is 5.32 Å². The third-order valence-electron chi connectivity index (χ3n) is 5.43. The number of likely N-dealkylation sites (tertiary alicyclic amines) is 1. The molecule has 5 nitrogen and oxygen atoms in total. The van der Waals surface area contributed by atoms with Crippen LogP contribution in [0.1, 0.15) is 51.9 Å². The maximum Gasteiger partial charge on any atom is 0.246 e. The van der Waals surface area contributed by atoms with Crippen molar-refractivity contribution >= 4 is 11.8 Å². The molecule has 0 spiro atoms. The number of carbonyl (C=O) groups is 2. The van der Waals surface area contributed by atoms with E-state index in [1.54, 1.807) is 7.05 Å². The number of imide groups is 1. The van der Waals surface area contributed by atoms with Crippen molar-refractivity contribution in [2.24, 2.45) is 0 Å². The minimum Gasteiger partial charge on any atom is -0.314 e. The van der Waals surface area contributed by atoms with Gasteiger partial charge in [0.2, 0.25) is 11.8 Å². The minimum absolute atomic E-state index is 0.0110. The number of amides is 2. The number of hydrogen-bond acceptors (Lipinski definition) is 4. The summed E-state index contributed by atoms with van der Waals surface area (Å²) in [6.45, 7) is 3.27. The largest absolute Gasteiger partial charge is 0.314 e. The first kappa shape index (κ1) is 15.0. The minimum atomic E-state index is -0.190. The van der Waals surface area contributed by atoms with Crippen molar-refractivity contribution in [2.75, 3.05) is 13.6 Å². The van der Waals surface area contributed by atoms with Gasteiger partial charge in [0.05, 0.1) is 12.5 Å². The second kappa shape index (κ2) is 6.05. The molecule has 3 aliphatic heterocycles. The standard InChI is InChI=1S/C16H27N3O2/c1-3-7-17-11-8-12-5-4-6-13(9-11)19(12)14-10-15(20)18(2)16(14)21/h11-14,17H,3-10H2,1-2H3. The summed E-state index contributed by atoms with van der Waals surface area (Å²) in [4.78, 5) is 27.9. The molecule has 2 bridgehead atoms. The second-order valence-electron chi connectivity index (χ2n) is 6.82. The van der Waals surface area contributed by atoms with Crippen LogP contribution in [0.4, 0.5) is 0 Å². The van der Waals surface area contributed by atoms with Crippen LogP contribution in [-0.2, 0) is 9.59 Å². The van der Waals surface area contributed by atoms with Gasteiger partial charge in [0.25, 0.3) is 0 Å². The van der Waals surface area contributed by atoms with Crippen molar-refractivity contribution in [2.45, 2.75) is 76.0 Å². The Labute approximate surface area is 127 Å². The highest BCUT2D eigenvalue weighted by atomic mass is 16.2. The number of hydrogen-bond donors (Lipinski definition) is 1. The fourth-order valence-corrected chi connectivity index (χ4v) is 4.41. The molecule has 21 heavy (non-hydrogen) atoms. The van der Waals surface area contributed by atoms with E-state index in [0.29, 0.717) is 24.5 Å². The van der Waals surface area contributed by atoms with E-state index >= 15 is 0 Å². The Morgan fingerprint density at radius 1 is 1.19 bits per heavy atom. The number of fused-ring (bicyclic) bond motifs is 2. The van der Waals surface area contributed by atoms with Crippen molar-refractivity contribution in [1.82, 2.24) is 15.1 Å². The molecular formula is C16H27N3O2. The van der Waals surface area contributed by atoms with Crippen LogP contribution >= 0.6 is 0 Å². The second-order valence-corrected chi connectivity index (χ2v) is 6.82. The number of piperidine rings is 2. The lowest BCUT2D eigenvalue weighted by molar-refractivity contribution is -0.139. The predicted octanol–water partition coefficient (Wildman–Crippen LogP) is 1.13. The summed E-state index contributed by atoms with van der Waals surface area (Å²) in [5.74, 6) is -0.00817. The molecule has 3 aliphatic rings. The van der Waals surface area contributed by atoms with E-state index in [9.17, 15) is 9.59 Å². The highest BCUT2D eigenvalue weighted by molar-refractivity contribution is 6.05. The summed E-state index contributed by atoms with van der Waals surface area (Å²) < 4.78 is 0. The number of likely N-dealkylation sites (N-methyl/N-ethyl adjacent to an activating group) is 1. The third-order valence-corrected chi connectivity index (χ3v) is 5.43. The number of rotatable bonds is 4. The zero-order valence-electron chi connectivity index (χ0n) is 13.2. The molecule has 3 saturated heterocycles. The fraction of sp³-hybridized carbons (Fsp3) is 0.875. The Hall–Kier alpha value is -0.940. The molecule has 5 heteroatoms. The number of carbonyl (C=O) groups excluding carboxylic acids is 2. The smallest absolute Gasteiger partial charge is 0.246 e. The molecule has 3 rings (SSSR count). The molecule has 118 valence electrons. The predicted molar refractivity (Wildman–Crippen MR) is 80.8 cm³/mol. The van der Waals surface area contributed by atoms with Crippen molar-refractivity contribution < 1.29 is 9.59 Å². The summed E-state index contributed by atoms with van der Waals surface area (Å²) in [7, 11) is 1.62. The average molecular weight is 293 g/mol. The summed E-state index contributed by atoms with van der Waals surface area (Å²) >= 11 is 0. The van der Waals surface area contributed by atoms with Gasteiger partial charge in [-0.2, -0.15) is 0 Å². The lowest BCUT2D eigenvalue weighted by Gasteiger charge is -2.51. The molecule has 0 saturated carbocycles. The van der Waals surface area contributed by atoms with E-state index in [2.05, 4.69) is 17.1 Å². The van der Waals surface area contributed by atoms with Gasteiger partial charge in [-0.3, -0.25) is 19.4 Å². The Balaban J connectivity index is 1.72. The van der Waals surface area contributed by atoms with Crippen LogP contribution in [0.2, 0.25) is 0 Å². The Bertz CT molecular complexity index is 412. The third kappa shape index (κ3) is 2.73. The van der Waals surface area contributed by atoms with E-state index < -0.39 is 0 Å². The van der Waals surface area contributed by atoms with Gasteiger partial charge in [-0.1, -0.05) is 13.3 Å². The first-order chi connectivity index (χ1) is 10.1. The van der Waals surface area contributed by atoms with Crippen LogP contribution in [0.25, 0.3) is 0 Å². The van der Waals surface area contributed by atoms with Crippen LogP contribution in [0.5, 0.6) is 0 Å². The average Bonchev–Trinajstić information content (AvgIpc) is 2.71. The van der Waals surface area contributed by atoms with E-state index in [1.807, 2.05) is 0 Å². The summed E-state index contributed by atoms with van der Waals surface area (Å²) in [5, 5.41) is 3.65. The van der Waals surface area contributed by atoms with Gasteiger partial charge >= 0.3 is 0 Å².